The minimum Gasteiger partial charge on any atom is -0.383 e. The van der Waals surface area contributed by atoms with Crippen LogP contribution in [0.25, 0.3) is 0 Å². The van der Waals surface area contributed by atoms with Crippen LogP contribution in [0.1, 0.15) is 32.5 Å². The minimum absolute atomic E-state index is 0.207. The maximum absolute atomic E-state index is 12.1. The maximum atomic E-state index is 12.1. The van der Waals surface area contributed by atoms with E-state index in [1.807, 2.05) is 0 Å². The second-order valence-corrected chi connectivity index (χ2v) is 6.64. The number of hydrogen-bond acceptors (Lipinski definition) is 4. The summed E-state index contributed by atoms with van der Waals surface area (Å²) in [7, 11) is 1.47. The van der Waals surface area contributed by atoms with Crippen molar-refractivity contribution >= 4 is 34.8 Å². The predicted octanol–water partition coefficient (Wildman–Crippen LogP) is 2.64. The van der Waals surface area contributed by atoms with Crippen LogP contribution in [0.2, 0.25) is 4.34 Å². The second-order valence-electron chi connectivity index (χ2n) is 4.90. The number of fused-ring (bicyclic) bond motifs is 1. The molecular formula is C15H12ClNO3S. The van der Waals surface area contributed by atoms with E-state index < -0.39 is 6.10 Å². The van der Waals surface area contributed by atoms with Crippen LogP contribution in [0.5, 0.6) is 0 Å². The Bertz CT molecular complexity index is 740. The fraction of sp³-hybridized carbons (Fsp3) is 0.200. The van der Waals surface area contributed by atoms with Crippen molar-refractivity contribution in [1.82, 2.24) is 4.90 Å². The van der Waals surface area contributed by atoms with E-state index in [1.165, 1.54) is 18.4 Å². The van der Waals surface area contributed by atoms with Gasteiger partial charge in [0, 0.05) is 17.5 Å². The lowest BCUT2D eigenvalue weighted by Gasteiger charge is -2.24. The summed E-state index contributed by atoms with van der Waals surface area (Å²) in [6, 6.07) is 8.60. The molecule has 1 aliphatic rings. The van der Waals surface area contributed by atoms with Gasteiger partial charge in [-0.15, -0.1) is 11.3 Å². The Balaban J connectivity index is 2.00. The molecule has 0 aliphatic carbocycles. The van der Waals surface area contributed by atoms with Crippen LogP contribution in [0.3, 0.4) is 0 Å². The number of hydrogen-bond donors (Lipinski definition) is 1. The van der Waals surface area contributed by atoms with Gasteiger partial charge in [0.25, 0.3) is 5.91 Å². The third-order valence-electron chi connectivity index (χ3n) is 3.56. The molecule has 1 atom stereocenters. The van der Waals surface area contributed by atoms with E-state index in [0.29, 0.717) is 25.9 Å². The van der Waals surface area contributed by atoms with Crippen LogP contribution in [0.15, 0.2) is 30.3 Å². The highest BCUT2D eigenvalue weighted by Crippen LogP contribution is 2.32. The van der Waals surface area contributed by atoms with Gasteiger partial charge in [0.1, 0.15) is 6.10 Å². The summed E-state index contributed by atoms with van der Waals surface area (Å²) in [5.41, 5.74) is 1.78. The van der Waals surface area contributed by atoms with E-state index in [1.54, 1.807) is 30.3 Å². The lowest BCUT2D eigenvalue weighted by molar-refractivity contribution is -0.127. The molecule has 1 unspecified atom stereocenters. The first-order valence-electron chi connectivity index (χ1n) is 6.34. The SMILES string of the molecule is CN1C(=O)Cc2ccc(C(O)c3ccc(Cl)s3)cc2C1=O. The molecule has 0 bridgehead atoms. The molecule has 21 heavy (non-hydrogen) atoms. The van der Waals surface area contributed by atoms with Gasteiger partial charge in [0.05, 0.1) is 10.8 Å². The number of thiophene rings is 1. The lowest BCUT2D eigenvalue weighted by atomic mass is 9.94. The summed E-state index contributed by atoms with van der Waals surface area (Å²) in [5, 5.41) is 10.4. The van der Waals surface area contributed by atoms with Gasteiger partial charge in [-0.25, -0.2) is 0 Å². The van der Waals surface area contributed by atoms with E-state index in [0.717, 1.165) is 4.90 Å². The van der Waals surface area contributed by atoms with Gasteiger partial charge in [0.15, 0.2) is 0 Å². The molecule has 3 rings (SSSR count). The third kappa shape index (κ3) is 2.48. The molecule has 1 aromatic heterocycles. The third-order valence-corrected chi connectivity index (χ3v) is 4.85. The van der Waals surface area contributed by atoms with Crippen molar-refractivity contribution in [2.75, 3.05) is 7.05 Å². The normalized spacial score (nSPS) is 16.0. The van der Waals surface area contributed by atoms with Gasteiger partial charge in [0.2, 0.25) is 5.91 Å². The Hall–Kier alpha value is -1.69. The highest BCUT2D eigenvalue weighted by Gasteiger charge is 2.28. The lowest BCUT2D eigenvalue weighted by Crippen LogP contribution is -2.39. The van der Waals surface area contributed by atoms with Crippen molar-refractivity contribution in [1.29, 1.82) is 0 Å². The molecule has 1 N–H and O–H groups in total. The van der Waals surface area contributed by atoms with Crippen LogP contribution in [-0.4, -0.2) is 28.9 Å². The fourth-order valence-electron chi connectivity index (χ4n) is 2.33. The van der Waals surface area contributed by atoms with Crippen molar-refractivity contribution in [2.45, 2.75) is 12.5 Å². The number of imide groups is 1. The van der Waals surface area contributed by atoms with Crippen LogP contribution in [-0.2, 0) is 11.2 Å². The maximum Gasteiger partial charge on any atom is 0.260 e. The molecule has 0 fully saturated rings. The highest BCUT2D eigenvalue weighted by atomic mass is 35.5. The number of aliphatic hydroxyl groups excluding tert-OH is 1. The first-order chi connectivity index (χ1) is 9.97. The molecule has 2 aromatic rings. The molecule has 0 saturated carbocycles. The van der Waals surface area contributed by atoms with E-state index >= 15 is 0 Å². The molecule has 108 valence electrons. The van der Waals surface area contributed by atoms with Gasteiger partial charge in [-0.2, -0.15) is 0 Å². The van der Waals surface area contributed by atoms with Gasteiger partial charge in [-0.3, -0.25) is 14.5 Å². The number of amides is 2. The summed E-state index contributed by atoms with van der Waals surface area (Å²) in [6.45, 7) is 0. The average molecular weight is 322 g/mol. The van der Waals surface area contributed by atoms with Crippen LogP contribution in [0.4, 0.5) is 0 Å². The zero-order chi connectivity index (χ0) is 15.1. The molecule has 0 spiro atoms. The van der Waals surface area contributed by atoms with Crippen molar-refractivity contribution in [3.8, 4) is 0 Å². The second kappa shape index (κ2) is 5.26. The molecule has 2 heterocycles. The topological polar surface area (TPSA) is 57.6 Å². The van der Waals surface area contributed by atoms with Gasteiger partial charge in [-0.1, -0.05) is 23.7 Å². The standard InChI is InChI=1S/C15H12ClNO3S/c1-17-13(18)7-8-2-3-9(6-10(8)15(17)20)14(19)11-4-5-12(16)21-11/h2-6,14,19H,7H2,1H3. The number of halogens is 1. The smallest absolute Gasteiger partial charge is 0.260 e. The fourth-order valence-corrected chi connectivity index (χ4v) is 3.41. The first-order valence-corrected chi connectivity index (χ1v) is 7.54. The molecule has 2 amide bonds. The number of nitrogens with zero attached hydrogens (tertiary/aromatic N) is 1. The zero-order valence-electron chi connectivity index (χ0n) is 11.2. The highest BCUT2D eigenvalue weighted by molar-refractivity contribution is 7.16. The Labute approximate surface area is 130 Å². The number of benzene rings is 1. The number of aliphatic hydroxyl groups is 1. The Morgan fingerprint density at radius 2 is 2.05 bits per heavy atom. The van der Waals surface area contributed by atoms with E-state index in [9.17, 15) is 14.7 Å². The summed E-state index contributed by atoms with van der Waals surface area (Å²) in [4.78, 5) is 25.6. The van der Waals surface area contributed by atoms with Gasteiger partial charge >= 0.3 is 0 Å². The van der Waals surface area contributed by atoms with Gasteiger partial charge in [-0.05, 0) is 29.3 Å². The number of rotatable bonds is 2. The molecule has 0 radical (unpaired) electrons. The van der Waals surface area contributed by atoms with Crippen molar-refractivity contribution in [3.05, 3.63) is 56.2 Å². The average Bonchev–Trinajstić information content (AvgIpc) is 2.90. The van der Waals surface area contributed by atoms with E-state index in [2.05, 4.69) is 0 Å². The summed E-state index contributed by atoms with van der Waals surface area (Å²) in [6.07, 6.45) is -0.623. The van der Waals surface area contributed by atoms with Crippen molar-refractivity contribution < 1.29 is 14.7 Å². The van der Waals surface area contributed by atoms with Gasteiger partial charge < -0.3 is 5.11 Å². The number of carbonyl (C=O) groups excluding carboxylic acids is 2. The predicted molar refractivity (Wildman–Crippen MR) is 80.6 cm³/mol. The van der Waals surface area contributed by atoms with Crippen LogP contribution in [0, 0.1) is 0 Å². The summed E-state index contributed by atoms with van der Waals surface area (Å²) >= 11 is 7.17. The Morgan fingerprint density at radius 1 is 1.29 bits per heavy atom. The van der Waals surface area contributed by atoms with Crippen molar-refractivity contribution in [3.63, 3.8) is 0 Å². The van der Waals surface area contributed by atoms with Crippen molar-refractivity contribution in [2.24, 2.45) is 0 Å². The first kappa shape index (κ1) is 14.3. The molecule has 1 aromatic carbocycles. The quantitative estimate of drug-likeness (QED) is 0.865. The van der Waals surface area contributed by atoms with E-state index in [4.69, 9.17) is 11.6 Å². The summed E-state index contributed by atoms with van der Waals surface area (Å²) < 4.78 is 0.600. The summed E-state index contributed by atoms with van der Waals surface area (Å²) in [5.74, 6) is -0.551. The minimum atomic E-state index is -0.830. The number of likely N-dealkylation sites (N-methyl/N-ethyl adjacent to an activating group) is 1. The molecular weight excluding hydrogens is 310 g/mol. The largest absolute Gasteiger partial charge is 0.383 e. The molecule has 4 nitrogen and oxygen atoms in total. The van der Waals surface area contributed by atoms with E-state index in [-0.39, 0.29) is 18.2 Å². The Morgan fingerprint density at radius 3 is 2.71 bits per heavy atom. The molecule has 0 saturated heterocycles. The molecule has 1 aliphatic heterocycles. The number of carbonyl (C=O) groups is 2. The van der Waals surface area contributed by atoms with Crippen LogP contribution >= 0.6 is 22.9 Å². The molecule has 6 heteroatoms. The van der Waals surface area contributed by atoms with Crippen LogP contribution < -0.4 is 0 Å². The Kier molecular flexibility index (Phi) is 3.57. The zero-order valence-corrected chi connectivity index (χ0v) is 12.7. The monoisotopic (exact) mass is 321 g/mol.